The molecule has 0 aliphatic carbocycles. The number of methoxy groups -OCH3 is 1. The van der Waals surface area contributed by atoms with E-state index in [9.17, 15) is 14.7 Å². The van der Waals surface area contributed by atoms with Crippen LogP contribution in [0, 0.1) is 9.12 Å². The molecule has 0 saturated carbocycles. The minimum absolute atomic E-state index is 0.139. The first kappa shape index (κ1) is 18.8. The Balaban J connectivity index is 2.20. The lowest BCUT2D eigenvalue weighted by Crippen LogP contribution is -2.47. The lowest BCUT2D eigenvalue weighted by Gasteiger charge is -2.39. The molecule has 1 aliphatic heterocycles. The molecule has 1 aliphatic rings. The van der Waals surface area contributed by atoms with Crippen LogP contribution in [0.2, 0.25) is 0 Å². The van der Waals surface area contributed by atoms with E-state index in [1.165, 1.54) is 4.90 Å². The molecule has 2 aromatic rings. The Hall–Kier alpha value is -1.97. The van der Waals surface area contributed by atoms with E-state index in [4.69, 9.17) is 4.74 Å². The summed E-state index contributed by atoms with van der Waals surface area (Å²) < 4.78 is 9.32. The van der Waals surface area contributed by atoms with Gasteiger partial charge in [-0.3, -0.25) is 9.13 Å². The molecular formula is C18H22IN3O4. The smallest absolute Gasteiger partial charge is 0.407 e. The number of halogens is 1. The van der Waals surface area contributed by atoms with Crippen LogP contribution in [-0.4, -0.2) is 38.9 Å². The van der Waals surface area contributed by atoms with E-state index in [1.54, 1.807) is 28.4 Å². The summed E-state index contributed by atoms with van der Waals surface area (Å²) in [5.74, 6) is 0.713. The van der Waals surface area contributed by atoms with Crippen molar-refractivity contribution in [3.8, 4) is 11.4 Å². The molecule has 1 N–H and O–H groups in total. The molecule has 1 aromatic heterocycles. The first-order chi connectivity index (χ1) is 12.1. The molecule has 0 radical (unpaired) electrons. The van der Waals surface area contributed by atoms with Gasteiger partial charge in [0, 0.05) is 6.54 Å². The third kappa shape index (κ3) is 3.10. The molecule has 26 heavy (non-hydrogen) atoms. The summed E-state index contributed by atoms with van der Waals surface area (Å²) >= 11 is 2.13. The third-order valence-corrected chi connectivity index (χ3v) is 5.87. The summed E-state index contributed by atoms with van der Waals surface area (Å²) in [6.45, 7) is 6.58. The molecule has 140 valence electrons. The summed E-state index contributed by atoms with van der Waals surface area (Å²) in [5.41, 5.74) is 1.07. The van der Waals surface area contributed by atoms with Crippen LogP contribution in [0.5, 0.6) is 5.75 Å². The Morgan fingerprint density at radius 1 is 1.27 bits per heavy atom. The Bertz CT molecular complexity index is 893. The molecule has 0 bridgehead atoms. The van der Waals surface area contributed by atoms with E-state index in [0.29, 0.717) is 12.3 Å². The summed E-state index contributed by atoms with van der Waals surface area (Å²) in [7, 11) is 1.59. The second-order valence-corrected chi connectivity index (χ2v) is 8.49. The monoisotopic (exact) mass is 471 g/mol. The van der Waals surface area contributed by atoms with Crippen molar-refractivity contribution >= 4 is 28.7 Å². The maximum atomic E-state index is 13.2. The summed E-state index contributed by atoms with van der Waals surface area (Å²) in [6.07, 6.45) is -0.967. The van der Waals surface area contributed by atoms with Crippen molar-refractivity contribution in [2.24, 2.45) is 5.41 Å². The van der Waals surface area contributed by atoms with Crippen LogP contribution in [0.3, 0.4) is 0 Å². The summed E-state index contributed by atoms with van der Waals surface area (Å²) in [5, 5.41) is 9.50. The predicted molar refractivity (Wildman–Crippen MR) is 106 cm³/mol. The minimum Gasteiger partial charge on any atom is -0.497 e. The first-order valence-electron chi connectivity index (χ1n) is 8.29. The fraction of sp³-hybridized carbons (Fsp3) is 0.444. The Kier molecular flexibility index (Phi) is 4.80. The first-order valence-corrected chi connectivity index (χ1v) is 9.37. The predicted octanol–water partition coefficient (Wildman–Crippen LogP) is 3.33. The fourth-order valence-corrected chi connectivity index (χ4v) is 4.21. The van der Waals surface area contributed by atoms with Crippen LogP contribution >= 0.6 is 22.6 Å². The number of hydrogen-bond donors (Lipinski definition) is 1. The van der Waals surface area contributed by atoms with Gasteiger partial charge in [-0.25, -0.2) is 9.59 Å². The van der Waals surface area contributed by atoms with E-state index in [2.05, 4.69) is 22.6 Å². The van der Waals surface area contributed by atoms with Crippen molar-refractivity contribution in [2.75, 3.05) is 13.7 Å². The molecule has 1 amide bonds. The molecule has 1 aromatic carbocycles. The maximum Gasteiger partial charge on any atom is 0.407 e. The summed E-state index contributed by atoms with van der Waals surface area (Å²) in [4.78, 5) is 26.2. The second-order valence-electron chi connectivity index (χ2n) is 7.47. The number of nitrogens with zero attached hydrogens (tertiary/aromatic N) is 3. The van der Waals surface area contributed by atoms with Gasteiger partial charge in [0.1, 0.15) is 9.45 Å². The Morgan fingerprint density at radius 3 is 2.38 bits per heavy atom. The highest BCUT2D eigenvalue weighted by Crippen LogP contribution is 2.36. The van der Waals surface area contributed by atoms with Gasteiger partial charge in [-0.2, -0.15) is 0 Å². The van der Waals surface area contributed by atoms with Gasteiger partial charge in [0.25, 0.3) is 0 Å². The highest BCUT2D eigenvalue weighted by atomic mass is 127. The topological polar surface area (TPSA) is 76.7 Å². The van der Waals surface area contributed by atoms with Gasteiger partial charge in [0.2, 0.25) is 0 Å². The molecule has 2 heterocycles. The van der Waals surface area contributed by atoms with Crippen molar-refractivity contribution in [3.05, 3.63) is 44.1 Å². The minimum atomic E-state index is -0.967. The van der Waals surface area contributed by atoms with Gasteiger partial charge in [-0.15, -0.1) is 0 Å². The molecule has 0 spiro atoms. The van der Waals surface area contributed by atoms with Crippen LogP contribution in [0.1, 0.15) is 32.5 Å². The number of carbonyl (C=O) groups is 1. The van der Waals surface area contributed by atoms with E-state index >= 15 is 0 Å². The van der Waals surface area contributed by atoms with Crippen LogP contribution in [0.25, 0.3) is 5.69 Å². The Morgan fingerprint density at radius 2 is 1.88 bits per heavy atom. The van der Waals surface area contributed by atoms with Gasteiger partial charge >= 0.3 is 11.8 Å². The van der Waals surface area contributed by atoms with E-state index < -0.39 is 6.09 Å². The van der Waals surface area contributed by atoms with Crippen molar-refractivity contribution < 1.29 is 14.6 Å². The van der Waals surface area contributed by atoms with Crippen LogP contribution in [0.4, 0.5) is 4.79 Å². The molecule has 1 atom stereocenters. The zero-order chi connectivity index (χ0) is 19.2. The van der Waals surface area contributed by atoms with Crippen LogP contribution < -0.4 is 10.4 Å². The lowest BCUT2D eigenvalue weighted by molar-refractivity contribution is 0.0934. The summed E-state index contributed by atoms with van der Waals surface area (Å²) in [6, 6.07) is 7.03. The number of rotatable bonds is 2. The highest BCUT2D eigenvalue weighted by molar-refractivity contribution is 14.1. The van der Waals surface area contributed by atoms with E-state index in [0.717, 1.165) is 15.1 Å². The lowest BCUT2D eigenvalue weighted by atomic mass is 9.85. The number of imidazole rings is 1. The quantitative estimate of drug-likeness (QED) is 0.682. The van der Waals surface area contributed by atoms with E-state index in [-0.39, 0.29) is 23.7 Å². The molecule has 0 saturated heterocycles. The molecule has 3 rings (SSSR count). The maximum absolute atomic E-state index is 13.2. The number of benzene rings is 1. The largest absolute Gasteiger partial charge is 0.497 e. The number of amides is 1. The zero-order valence-corrected chi connectivity index (χ0v) is 17.4. The highest BCUT2D eigenvalue weighted by Gasteiger charge is 2.39. The SMILES string of the molecule is COc1ccc(-n2c(I)c3n(c2=O)C(C(C)(C)C)CN(C(=O)O)C3)cc1. The second kappa shape index (κ2) is 6.64. The Labute approximate surface area is 165 Å². The molecule has 0 fully saturated rings. The van der Waals surface area contributed by atoms with Gasteiger partial charge in [0.15, 0.2) is 0 Å². The third-order valence-electron chi connectivity index (χ3n) is 4.77. The van der Waals surface area contributed by atoms with Crippen LogP contribution in [0.15, 0.2) is 29.1 Å². The van der Waals surface area contributed by atoms with Gasteiger partial charge in [-0.1, -0.05) is 20.8 Å². The van der Waals surface area contributed by atoms with Crippen molar-refractivity contribution in [1.82, 2.24) is 14.0 Å². The van der Waals surface area contributed by atoms with Gasteiger partial charge in [-0.05, 0) is 52.3 Å². The molecule has 1 unspecified atom stereocenters. The number of ether oxygens (including phenoxy) is 1. The average Bonchev–Trinajstić information content (AvgIpc) is 2.84. The van der Waals surface area contributed by atoms with Crippen molar-refractivity contribution in [1.29, 1.82) is 0 Å². The number of carboxylic acid groups (broad SMARTS) is 1. The molecular weight excluding hydrogens is 449 g/mol. The van der Waals surface area contributed by atoms with Crippen molar-refractivity contribution in [2.45, 2.75) is 33.4 Å². The fourth-order valence-electron chi connectivity index (χ4n) is 3.30. The van der Waals surface area contributed by atoms with Crippen molar-refractivity contribution in [3.63, 3.8) is 0 Å². The van der Waals surface area contributed by atoms with Crippen LogP contribution in [-0.2, 0) is 6.54 Å². The molecule has 8 heteroatoms. The average molecular weight is 471 g/mol. The normalized spacial score (nSPS) is 17.1. The number of hydrogen-bond acceptors (Lipinski definition) is 3. The number of aromatic nitrogens is 2. The van der Waals surface area contributed by atoms with Gasteiger partial charge in [0.05, 0.1) is 31.1 Å². The number of fused-ring (bicyclic) bond motifs is 1. The van der Waals surface area contributed by atoms with E-state index in [1.807, 2.05) is 32.9 Å². The molecule has 7 nitrogen and oxygen atoms in total. The van der Waals surface area contributed by atoms with Gasteiger partial charge < -0.3 is 14.7 Å². The standard InChI is InChI=1S/C18H22IN3O4/c1-18(2,3)14-10-20(17(24)25)9-13-15(19)21(16(23)22(13)14)11-5-7-12(26-4)8-6-11/h5-8,14H,9-10H2,1-4H3,(H,24,25). The zero-order valence-electron chi connectivity index (χ0n) is 15.2.